The number of anilines is 1. The maximum atomic E-state index is 13.0. The summed E-state index contributed by atoms with van der Waals surface area (Å²) < 4.78 is 35.5. The van der Waals surface area contributed by atoms with Crippen LogP contribution < -0.4 is 10.1 Å². The van der Waals surface area contributed by atoms with Gasteiger partial charge in [0.15, 0.2) is 5.75 Å². The minimum Gasteiger partial charge on any atom is -0.485 e. The van der Waals surface area contributed by atoms with E-state index in [4.69, 9.17) is 9.72 Å². The molecule has 3 aromatic rings. The highest BCUT2D eigenvalue weighted by atomic mass is 32.2. The molecule has 0 saturated carbocycles. The fourth-order valence-electron chi connectivity index (χ4n) is 5.35. The van der Waals surface area contributed by atoms with Gasteiger partial charge in [0, 0.05) is 30.9 Å². The molecule has 2 atom stereocenters. The van der Waals surface area contributed by atoms with E-state index < -0.39 is 10.0 Å². The van der Waals surface area contributed by atoms with Crippen molar-refractivity contribution in [1.29, 1.82) is 0 Å². The van der Waals surface area contributed by atoms with Crippen LogP contribution in [0.25, 0.3) is 16.9 Å². The number of hydrogen-bond donors (Lipinski definition) is 2. The van der Waals surface area contributed by atoms with Crippen molar-refractivity contribution in [2.24, 2.45) is 5.92 Å². The molecule has 2 fully saturated rings. The van der Waals surface area contributed by atoms with Crippen molar-refractivity contribution < 1.29 is 13.2 Å². The maximum absolute atomic E-state index is 13.0. The topological polar surface area (TPSA) is 134 Å². The third-order valence-electron chi connectivity index (χ3n) is 7.37. The van der Waals surface area contributed by atoms with Crippen LogP contribution in [0.15, 0.2) is 18.7 Å². The van der Waals surface area contributed by atoms with E-state index in [9.17, 15) is 8.42 Å². The third kappa shape index (κ3) is 6.10. The van der Waals surface area contributed by atoms with Crippen molar-refractivity contribution in [2.45, 2.75) is 65.0 Å². The molecule has 0 amide bonds. The standard InChI is InChI=1S/C25H39N9O3S/c1-18(2)37-23-22(20-14-27-28-15-20)26-17-34-24(23)30-25(31-34)29-21-8-12-33(16-19(21)3)38(35,36)13-7-11-32-9-5-4-6-10-32/h14-15,17-19,21H,4-13,16H2,1-3H3,(H,27,28)(H,29,31)/t19-,21+/m1/s1. The van der Waals surface area contributed by atoms with E-state index in [1.54, 1.807) is 27.5 Å². The van der Waals surface area contributed by atoms with E-state index in [0.29, 0.717) is 49.0 Å². The van der Waals surface area contributed by atoms with Gasteiger partial charge in [0.25, 0.3) is 0 Å². The van der Waals surface area contributed by atoms with Crippen LogP contribution >= 0.6 is 0 Å². The lowest BCUT2D eigenvalue weighted by atomic mass is 9.95. The van der Waals surface area contributed by atoms with E-state index in [1.165, 1.54) is 19.3 Å². The minimum absolute atomic E-state index is 0.0583. The highest BCUT2D eigenvalue weighted by Crippen LogP contribution is 2.32. The molecule has 5 rings (SSSR count). The number of rotatable bonds is 10. The predicted molar refractivity (Wildman–Crippen MR) is 146 cm³/mol. The van der Waals surface area contributed by atoms with Crippen LogP contribution in [0, 0.1) is 5.92 Å². The van der Waals surface area contributed by atoms with Crippen molar-refractivity contribution in [3.05, 3.63) is 18.7 Å². The average Bonchev–Trinajstić information content (AvgIpc) is 3.56. The van der Waals surface area contributed by atoms with Gasteiger partial charge < -0.3 is 15.0 Å². The second-order valence-electron chi connectivity index (χ2n) is 10.7. The zero-order valence-corrected chi connectivity index (χ0v) is 23.3. The Hall–Kier alpha value is -2.77. The van der Waals surface area contributed by atoms with Gasteiger partial charge in [-0.2, -0.15) is 14.6 Å². The second-order valence-corrected chi connectivity index (χ2v) is 12.8. The first-order valence-corrected chi connectivity index (χ1v) is 15.3. The molecule has 0 unspecified atom stereocenters. The Balaban J connectivity index is 1.23. The number of nitrogens with one attached hydrogen (secondary N) is 2. The number of likely N-dealkylation sites (tertiary alicyclic amines) is 1. The van der Waals surface area contributed by atoms with E-state index in [-0.39, 0.29) is 23.8 Å². The second kappa shape index (κ2) is 11.5. The summed E-state index contributed by atoms with van der Waals surface area (Å²) in [5.41, 5.74) is 2.01. The van der Waals surface area contributed by atoms with Gasteiger partial charge in [-0.25, -0.2) is 17.7 Å². The van der Waals surface area contributed by atoms with Crippen LogP contribution in [0.3, 0.4) is 0 Å². The first kappa shape index (κ1) is 26.8. The van der Waals surface area contributed by atoms with Crippen LogP contribution in [-0.4, -0.2) is 98.0 Å². The molecular weight excluding hydrogens is 506 g/mol. The molecule has 0 bridgehead atoms. The molecule has 208 valence electrons. The summed E-state index contributed by atoms with van der Waals surface area (Å²) in [5.74, 6) is 1.34. The Morgan fingerprint density at radius 2 is 2.03 bits per heavy atom. The first-order chi connectivity index (χ1) is 18.3. The summed E-state index contributed by atoms with van der Waals surface area (Å²) in [6, 6.07) is 0.0583. The Bertz CT molecular complexity index is 1300. The normalized spacial score (nSPS) is 21.8. The predicted octanol–water partition coefficient (Wildman–Crippen LogP) is 2.63. The molecule has 2 N–H and O–H groups in total. The lowest BCUT2D eigenvalue weighted by Gasteiger charge is -2.36. The monoisotopic (exact) mass is 545 g/mol. The van der Waals surface area contributed by atoms with Crippen molar-refractivity contribution in [3.8, 4) is 17.0 Å². The lowest BCUT2D eigenvalue weighted by molar-refractivity contribution is 0.228. The zero-order valence-electron chi connectivity index (χ0n) is 22.5. The van der Waals surface area contributed by atoms with Gasteiger partial charge in [0.2, 0.25) is 21.6 Å². The minimum atomic E-state index is -3.27. The highest BCUT2D eigenvalue weighted by Gasteiger charge is 2.33. The van der Waals surface area contributed by atoms with Crippen molar-refractivity contribution in [3.63, 3.8) is 0 Å². The molecule has 0 radical (unpaired) electrons. The van der Waals surface area contributed by atoms with E-state index in [1.807, 2.05) is 13.8 Å². The number of hydrogen-bond acceptors (Lipinski definition) is 9. The summed E-state index contributed by atoms with van der Waals surface area (Å²) in [5, 5.41) is 14.9. The van der Waals surface area contributed by atoms with Gasteiger partial charge in [-0.1, -0.05) is 13.3 Å². The average molecular weight is 546 g/mol. The van der Waals surface area contributed by atoms with Crippen LogP contribution in [0.1, 0.15) is 52.9 Å². The molecule has 0 spiro atoms. The van der Waals surface area contributed by atoms with E-state index in [0.717, 1.165) is 25.2 Å². The number of H-pyrrole nitrogens is 1. The van der Waals surface area contributed by atoms with Crippen LogP contribution in [-0.2, 0) is 10.0 Å². The van der Waals surface area contributed by atoms with Gasteiger partial charge in [-0.15, -0.1) is 5.10 Å². The van der Waals surface area contributed by atoms with E-state index >= 15 is 0 Å². The number of nitrogens with zero attached hydrogens (tertiary/aromatic N) is 7. The smallest absolute Gasteiger partial charge is 0.243 e. The van der Waals surface area contributed by atoms with Crippen LogP contribution in [0.2, 0.25) is 0 Å². The molecule has 13 heteroatoms. The molecule has 38 heavy (non-hydrogen) atoms. The fourth-order valence-corrected chi connectivity index (χ4v) is 6.95. The summed E-state index contributed by atoms with van der Waals surface area (Å²) in [4.78, 5) is 11.7. The van der Waals surface area contributed by atoms with Crippen molar-refractivity contribution in [1.82, 2.24) is 39.0 Å². The quantitative estimate of drug-likeness (QED) is 0.394. The highest BCUT2D eigenvalue weighted by molar-refractivity contribution is 7.89. The Morgan fingerprint density at radius 3 is 2.74 bits per heavy atom. The SMILES string of the molecule is CC(C)Oc1c(-c2cn[nH]c2)ncn2nc(N[C@H]3CCN(S(=O)(=O)CCCN4CCCCC4)C[C@H]3C)nc12. The first-order valence-electron chi connectivity index (χ1n) is 13.7. The number of aromatic nitrogens is 6. The molecule has 0 aliphatic carbocycles. The number of fused-ring (bicyclic) bond motifs is 1. The van der Waals surface area contributed by atoms with Crippen LogP contribution in [0.4, 0.5) is 5.95 Å². The molecule has 3 aromatic heterocycles. The Kier molecular flexibility index (Phi) is 8.15. The Morgan fingerprint density at radius 1 is 1.21 bits per heavy atom. The molecule has 2 aliphatic heterocycles. The molecule has 5 heterocycles. The summed E-state index contributed by atoms with van der Waals surface area (Å²) in [7, 11) is -3.27. The maximum Gasteiger partial charge on any atom is 0.243 e. The van der Waals surface area contributed by atoms with Crippen molar-refractivity contribution in [2.75, 3.05) is 43.8 Å². The molecular formula is C25H39N9O3S. The van der Waals surface area contributed by atoms with Gasteiger partial charge in [-0.3, -0.25) is 5.10 Å². The fraction of sp³-hybridized carbons (Fsp3) is 0.680. The number of sulfonamides is 1. The molecule has 2 aliphatic rings. The van der Waals surface area contributed by atoms with E-state index in [2.05, 4.69) is 37.4 Å². The largest absolute Gasteiger partial charge is 0.485 e. The summed E-state index contributed by atoms with van der Waals surface area (Å²) >= 11 is 0. The molecule has 12 nitrogen and oxygen atoms in total. The molecule has 2 saturated heterocycles. The summed E-state index contributed by atoms with van der Waals surface area (Å²) in [6.07, 6.45) is 10.1. The number of piperidine rings is 2. The van der Waals surface area contributed by atoms with Gasteiger partial charge in [0.1, 0.15) is 12.0 Å². The zero-order chi connectivity index (χ0) is 26.7. The third-order valence-corrected chi connectivity index (χ3v) is 9.30. The van der Waals surface area contributed by atoms with Gasteiger partial charge >= 0.3 is 0 Å². The lowest BCUT2D eigenvalue weighted by Crippen LogP contribution is -2.48. The van der Waals surface area contributed by atoms with Gasteiger partial charge in [0.05, 0.1) is 18.1 Å². The van der Waals surface area contributed by atoms with Gasteiger partial charge in [-0.05, 0) is 65.1 Å². The van der Waals surface area contributed by atoms with Crippen molar-refractivity contribution >= 4 is 21.6 Å². The summed E-state index contributed by atoms with van der Waals surface area (Å²) in [6.45, 7) is 10.0. The number of ether oxygens (including phenoxy) is 1. The Labute approximate surface area is 224 Å². The van der Waals surface area contributed by atoms with Crippen LogP contribution in [0.5, 0.6) is 5.75 Å². The molecule has 0 aromatic carbocycles. The number of aromatic amines is 1.